The Morgan fingerprint density at radius 3 is 2.39 bits per heavy atom. The number of phenolic OH excluding ortho intramolecular Hbond substituents is 1. The smallest absolute Gasteiger partial charge is 0.225 e. The first-order valence-corrected chi connectivity index (χ1v) is 12.5. The third kappa shape index (κ3) is 6.18. The van der Waals surface area contributed by atoms with Gasteiger partial charge in [-0.1, -0.05) is 24.3 Å². The molecule has 8 heteroatoms. The van der Waals surface area contributed by atoms with E-state index in [1.165, 1.54) is 27.1 Å². The number of methoxy groups -OCH3 is 2. The predicted molar refractivity (Wildman–Crippen MR) is 146 cm³/mol. The number of hydrogen-bond acceptors (Lipinski definition) is 8. The van der Waals surface area contributed by atoms with E-state index in [4.69, 9.17) is 19.4 Å². The van der Waals surface area contributed by atoms with Crippen LogP contribution in [0.25, 0.3) is 17.0 Å². The minimum atomic E-state index is 0.0192. The Morgan fingerprint density at radius 2 is 1.72 bits per heavy atom. The molecule has 1 saturated carbocycles. The summed E-state index contributed by atoms with van der Waals surface area (Å²) in [6.45, 7) is 1.78. The number of phenols is 1. The van der Waals surface area contributed by atoms with Crippen molar-refractivity contribution in [1.82, 2.24) is 15.3 Å². The Balaban J connectivity index is 1.24. The SMILES string of the molecule is COc1cc(C=CCNCC2CCC(Nc3nc(N(C)C)c4ccccc4n3)CC2)cc(OC)c1O. The lowest BCUT2D eigenvalue weighted by atomic mass is 9.86. The number of aromatic hydroxyl groups is 1. The first-order valence-electron chi connectivity index (χ1n) is 12.5. The number of aromatic nitrogens is 2. The highest BCUT2D eigenvalue weighted by Crippen LogP contribution is 2.37. The highest BCUT2D eigenvalue weighted by molar-refractivity contribution is 5.90. The molecule has 0 radical (unpaired) electrons. The Kier molecular flexibility index (Phi) is 8.48. The van der Waals surface area contributed by atoms with Gasteiger partial charge in [-0.3, -0.25) is 0 Å². The van der Waals surface area contributed by atoms with Crippen molar-refractivity contribution in [2.75, 3.05) is 51.6 Å². The van der Waals surface area contributed by atoms with Gasteiger partial charge >= 0.3 is 0 Å². The first kappa shape index (κ1) is 25.6. The fourth-order valence-corrected chi connectivity index (χ4v) is 4.73. The molecule has 0 saturated heterocycles. The largest absolute Gasteiger partial charge is 0.502 e. The highest BCUT2D eigenvalue weighted by atomic mass is 16.5. The average Bonchev–Trinajstić information content (AvgIpc) is 2.89. The first-order chi connectivity index (χ1) is 17.5. The van der Waals surface area contributed by atoms with Gasteiger partial charge in [0.2, 0.25) is 11.7 Å². The van der Waals surface area contributed by atoms with Crippen LogP contribution in [-0.2, 0) is 0 Å². The third-order valence-electron chi connectivity index (χ3n) is 6.69. The molecule has 0 aliphatic heterocycles. The molecule has 0 bridgehead atoms. The molecule has 0 amide bonds. The second-order valence-corrected chi connectivity index (χ2v) is 9.48. The van der Waals surface area contributed by atoms with Gasteiger partial charge in [0, 0.05) is 32.1 Å². The Labute approximate surface area is 213 Å². The lowest BCUT2D eigenvalue weighted by molar-refractivity contribution is 0.328. The predicted octanol–water partition coefficient (Wildman–Crippen LogP) is 4.69. The molecule has 1 fully saturated rings. The lowest BCUT2D eigenvalue weighted by Gasteiger charge is -2.29. The maximum atomic E-state index is 10.0. The van der Waals surface area contributed by atoms with Crippen LogP contribution < -0.4 is 25.0 Å². The van der Waals surface area contributed by atoms with Crippen molar-refractivity contribution in [2.24, 2.45) is 5.92 Å². The van der Waals surface area contributed by atoms with Gasteiger partial charge in [-0.05, 0) is 68.0 Å². The van der Waals surface area contributed by atoms with Crippen LogP contribution in [0.2, 0.25) is 0 Å². The van der Waals surface area contributed by atoms with E-state index in [1.807, 2.05) is 43.3 Å². The molecular weight excluding hydrogens is 454 g/mol. The van der Waals surface area contributed by atoms with Crippen molar-refractivity contribution < 1.29 is 14.6 Å². The molecule has 3 aromatic rings. The number of para-hydroxylation sites is 1. The summed E-state index contributed by atoms with van der Waals surface area (Å²) in [6, 6.07) is 12.1. The maximum Gasteiger partial charge on any atom is 0.225 e. The molecule has 8 nitrogen and oxygen atoms in total. The van der Waals surface area contributed by atoms with Crippen molar-refractivity contribution in [3.8, 4) is 17.2 Å². The standard InChI is InChI=1S/C28H37N5O3/c1-33(2)27-22-9-5-6-10-23(22)31-28(32-27)30-21-13-11-19(12-14-21)18-29-15-7-8-20-16-24(35-3)26(34)25(17-20)36-4/h5-10,16-17,19,21,29,34H,11-15,18H2,1-4H3,(H,30,31,32). The van der Waals surface area contributed by atoms with Crippen LogP contribution in [0.4, 0.5) is 11.8 Å². The summed E-state index contributed by atoms with van der Waals surface area (Å²) in [5.74, 6) is 3.15. The van der Waals surface area contributed by atoms with Crippen molar-refractivity contribution in [1.29, 1.82) is 0 Å². The average molecular weight is 492 g/mol. The van der Waals surface area contributed by atoms with E-state index in [1.54, 1.807) is 12.1 Å². The van der Waals surface area contributed by atoms with Gasteiger partial charge in [0.1, 0.15) is 5.82 Å². The monoisotopic (exact) mass is 491 g/mol. The normalized spacial score (nSPS) is 17.9. The van der Waals surface area contributed by atoms with Crippen LogP contribution >= 0.6 is 0 Å². The summed E-state index contributed by atoms with van der Waals surface area (Å²) >= 11 is 0. The third-order valence-corrected chi connectivity index (χ3v) is 6.69. The summed E-state index contributed by atoms with van der Waals surface area (Å²) in [5.41, 5.74) is 1.89. The molecule has 1 aliphatic rings. The molecule has 4 rings (SSSR count). The van der Waals surface area contributed by atoms with E-state index < -0.39 is 0 Å². The number of nitrogens with zero attached hydrogens (tertiary/aromatic N) is 3. The summed E-state index contributed by atoms with van der Waals surface area (Å²) in [4.78, 5) is 11.6. The fourth-order valence-electron chi connectivity index (χ4n) is 4.73. The summed E-state index contributed by atoms with van der Waals surface area (Å²) in [6.07, 6.45) is 8.66. The molecule has 36 heavy (non-hydrogen) atoms. The van der Waals surface area contributed by atoms with Gasteiger partial charge in [0.05, 0.1) is 19.7 Å². The Morgan fingerprint density at radius 1 is 1.03 bits per heavy atom. The van der Waals surface area contributed by atoms with Crippen LogP contribution in [-0.4, -0.2) is 62.5 Å². The van der Waals surface area contributed by atoms with Crippen molar-refractivity contribution >= 4 is 28.7 Å². The zero-order valence-electron chi connectivity index (χ0n) is 21.6. The van der Waals surface area contributed by atoms with Gasteiger partial charge in [-0.2, -0.15) is 4.98 Å². The number of fused-ring (bicyclic) bond motifs is 1. The number of nitrogens with one attached hydrogen (secondary N) is 2. The van der Waals surface area contributed by atoms with E-state index in [-0.39, 0.29) is 5.75 Å². The summed E-state index contributed by atoms with van der Waals surface area (Å²) < 4.78 is 10.4. The molecule has 0 spiro atoms. The van der Waals surface area contributed by atoms with Gasteiger partial charge in [-0.25, -0.2) is 4.98 Å². The lowest BCUT2D eigenvalue weighted by Crippen LogP contribution is -2.32. The topological polar surface area (TPSA) is 91.8 Å². The second kappa shape index (κ2) is 11.9. The van der Waals surface area contributed by atoms with E-state index >= 15 is 0 Å². The quantitative estimate of drug-likeness (QED) is 0.352. The zero-order valence-corrected chi connectivity index (χ0v) is 21.6. The zero-order chi connectivity index (χ0) is 25.5. The van der Waals surface area contributed by atoms with Crippen molar-refractivity contribution in [2.45, 2.75) is 31.7 Å². The van der Waals surface area contributed by atoms with E-state index in [0.29, 0.717) is 29.4 Å². The maximum absolute atomic E-state index is 10.0. The van der Waals surface area contributed by atoms with E-state index in [2.05, 4.69) is 22.8 Å². The van der Waals surface area contributed by atoms with Crippen LogP contribution in [0.5, 0.6) is 17.2 Å². The minimum Gasteiger partial charge on any atom is -0.502 e. The number of anilines is 2. The fraction of sp³-hybridized carbons (Fsp3) is 0.429. The number of benzene rings is 2. The molecule has 1 heterocycles. The Bertz CT molecular complexity index is 1160. The molecule has 0 atom stereocenters. The van der Waals surface area contributed by atoms with E-state index in [0.717, 1.165) is 48.2 Å². The molecule has 192 valence electrons. The molecular formula is C28H37N5O3. The Hall–Kier alpha value is -3.52. The van der Waals surface area contributed by atoms with Crippen LogP contribution in [0.15, 0.2) is 42.5 Å². The van der Waals surface area contributed by atoms with Gasteiger partial charge < -0.3 is 30.1 Å². The second-order valence-electron chi connectivity index (χ2n) is 9.48. The molecule has 1 aliphatic carbocycles. The molecule has 1 aromatic heterocycles. The van der Waals surface area contributed by atoms with Gasteiger partial charge in [0.25, 0.3) is 0 Å². The van der Waals surface area contributed by atoms with Crippen LogP contribution in [0.1, 0.15) is 31.2 Å². The number of rotatable bonds is 10. The summed E-state index contributed by atoms with van der Waals surface area (Å²) in [7, 11) is 7.10. The van der Waals surface area contributed by atoms with Crippen molar-refractivity contribution in [3.05, 3.63) is 48.0 Å². The molecule has 3 N–H and O–H groups in total. The van der Waals surface area contributed by atoms with Gasteiger partial charge in [-0.15, -0.1) is 0 Å². The molecule has 0 unspecified atom stereocenters. The molecule has 2 aromatic carbocycles. The van der Waals surface area contributed by atoms with Crippen molar-refractivity contribution in [3.63, 3.8) is 0 Å². The van der Waals surface area contributed by atoms with Crippen LogP contribution in [0.3, 0.4) is 0 Å². The minimum absolute atomic E-state index is 0.0192. The highest BCUT2D eigenvalue weighted by Gasteiger charge is 2.22. The van der Waals surface area contributed by atoms with Crippen LogP contribution in [0, 0.1) is 5.92 Å². The number of ether oxygens (including phenoxy) is 2. The van der Waals surface area contributed by atoms with E-state index in [9.17, 15) is 5.11 Å². The number of hydrogen-bond donors (Lipinski definition) is 3. The summed E-state index contributed by atoms with van der Waals surface area (Å²) in [5, 5.41) is 18.3. The van der Waals surface area contributed by atoms with Gasteiger partial charge in [0.15, 0.2) is 11.5 Å².